The van der Waals surface area contributed by atoms with E-state index in [0.29, 0.717) is 0 Å². The molecule has 19 heavy (non-hydrogen) atoms. The van der Waals surface area contributed by atoms with Crippen LogP contribution < -0.4 is 16.0 Å². The Morgan fingerprint density at radius 3 is 2.63 bits per heavy atom. The molecule has 0 aliphatic carbocycles. The highest BCUT2D eigenvalue weighted by molar-refractivity contribution is 5.61. The molecule has 5 heteroatoms. The van der Waals surface area contributed by atoms with Crippen molar-refractivity contribution in [3.8, 4) is 0 Å². The van der Waals surface area contributed by atoms with Gasteiger partial charge >= 0.3 is 0 Å². The van der Waals surface area contributed by atoms with Crippen molar-refractivity contribution in [1.82, 2.24) is 9.97 Å². The van der Waals surface area contributed by atoms with Gasteiger partial charge < -0.3 is 16.0 Å². The molecule has 1 aromatic heterocycles. The molecule has 0 fully saturated rings. The Morgan fingerprint density at radius 2 is 1.95 bits per heavy atom. The summed E-state index contributed by atoms with van der Waals surface area (Å²) in [5.41, 5.74) is 7.36. The zero-order chi connectivity index (χ0) is 13.7. The summed E-state index contributed by atoms with van der Waals surface area (Å²) in [5, 5.41) is 3.24. The van der Waals surface area contributed by atoms with E-state index in [4.69, 9.17) is 5.73 Å². The molecule has 0 unspecified atom stereocenters. The smallest absolute Gasteiger partial charge is 0.135 e. The quantitative estimate of drug-likeness (QED) is 0.806. The zero-order valence-corrected chi connectivity index (χ0v) is 11.3. The summed E-state index contributed by atoms with van der Waals surface area (Å²) in [6.07, 6.45) is 2.66. The third-order valence-electron chi connectivity index (χ3n) is 2.79. The summed E-state index contributed by atoms with van der Waals surface area (Å²) in [4.78, 5) is 10.6. The van der Waals surface area contributed by atoms with Crippen molar-refractivity contribution in [2.24, 2.45) is 0 Å². The van der Waals surface area contributed by atoms with Gasteiger partial charge in [-0.05, 0) is 30.7 Å². The summed E-state index contributed by atoms with van der Waals surface area (Å²) in [6, 6.07) is 9.49. The second-order valence-electron chi connectivity index (χ2n) is 4.43. The van der Waals surface area contributed by atoms with Crippen LogP contribution in [0, 0.1) is 0 Å². The molecule has 2 aromatic rings. The number of hydrogen-bond acceptors (Lipinski definition) is 5. The van der Waals surface area contributed by atoms with Crippen LogP contribution in [0.2, 0.25) is 0 Å². The fourth-order valence-electron chi connectivity index (χ4n) is 1.79. The van der Waals surface area contributed by atoms with E-state index in [2.05, 4.69) is 27.1 Å². The highest BCUT2D eigenvalue weighted by atomic mass is 15.2. The van der Waals surface area contributed by atoms with Crippen LogP contribution in [-0.4, -0.2) is 23.6 Å². The van der Waals surface area contributed by atoms with Crippen molar-refractivity contribution in [1.29, 1.82) is 0 Å². The van der Waals surface area contributed by atoms with Gasteiger partial charge in [0.05, 0.1) is 0 Å². The molecule has 0 bridgehead atoms. The number of nitrogen functional groups attached to an aromatic ring is 1. The van der Waals surface area contributed by atoms with Crippen LogP contribution in [0.25, 0.3) is 0 Å². The van der Waals surface area contributed by atoms with Crippen molar-refractivity contribution in [3.05, 3.63) is 36.7 Å². The maximum atomic E-state index is 5.66. The van der Waals surface area contributed by atoms with Crippen molar-refractivity contribution >= 4 is 23.0 Å². The van der Waals surface area contributed by atoms with Gasteiger partial charge in [-0.25, -0.2) is 9.97 Å². The summed E-state index contributed by atoms with van der Waals surface area (Å²) in [5.74, 6) is 1.69. The number of aromatic nitrogens is 2. The first kappa shape index (κ1) is 13.1. The molecule has 0 saturated heterocycles. The number of nitrogens with two attached hydrogens (primary N) is 1. The highest BCUT2D eigenvalue weighted by Gasteiger charge is 2.03. The van der Waals surface area contributed by atoms with E-state index in [1.54, 1.807) is 6.33 Å². The lowest BCUT2D eigenvalue weighted by atomic mass is 10.3. The van der Waals surface area contributed by atoms with Crippen LogP contribution in [-0.2, 0) is 0 Å². The normalized spacial score (nSPS) is 10.2. The molecule has 100 valence electrons. The lowest BCUT2D eigenvalue weighted by molar-refractivity contribution is 0.835. The second kappa shape index (κ2) is 6.04. The Hall–Kier alpha value is -2.30. The minimum Gasteiger partial charge on any atom is -0.399 e. The molecule has 0 aliphatic heterocycles. The molecule has 0 aliphatic rings. The van der Waals surface area contributed by atoms with E-state index in [0.717, 1.165) is 36.0 Å². The predicted octanol–water partition coefficient (Wildman–Crippen LogP) is 2.65. The second-order valence-corrected chi connectivity index (χ2v) is 4.43. The molecule has 0 radical (unpaired) electrons. The minimum absolute atomic E-state index is 0.747. The largest absolute Gasteiger partial charge is 0.399 e. The molecular weight excluding hydrogens is 238 g/mol. The summed E-state index contributed by atoms with van der Waals surface area (Å²) in [6.45, 7) is 3.11. The lowest BCUT2D eigenvalue weighted by Gasteiger charge is -2.17. The van der Waals surface area contributed by atoms with Crippen LogP contribution >= 0.6 is 0 Å². The maximum Gasteiger partial charge on any atom is 0.135 e. The molecular formula is C14H19N5. The monoisotopic (exact) mass is 257 g/mol. The van der Waals surface area contributed by atoms with Gasteiger partial charge in [-0.2, -0.15) is 0 Å². The van der Waals surface area contributed by atoms with Gasteiger partial charge in [0.2, 0.25) is 0 Å². The number of nitrogens with zero attached hydrogens (tertiary/aromatic N) is 3. The molecule has 3 N–H and O–H groups in total. The fraction of sp³-hybridized carbons (Fsp3) is 0.286. The van der Waals surface area contributed by atoms with Crippen molar-refractivity contribution < 1.29 is 0 Å². The Labute approximate surface area is 113 Å². The fourth-order valence-corrected chi connectivity index (χ4v) is 1.79. The van der Waals surface area contributed by atoms with E-state index in [1.807, 2.05) is 37.4 Å². The Kier molecular flexibility index (Phi) is 4.18. The van der Waals surface area contributed by atoms with Crippen LogP contribution in [0.4, 0.5) is 23.0 Å². The predicted molar refractivity (Wildman–Crippen MR) is 79.7 cm³/mol. The van der Waals surface area contributed by atoms with Gasteiger partial charge in [-0.1, -0.05) is 6.92 Å². The van der Waals surface area contributed by atoms with Crippen LogP contribution in [0.3, 0.4) is 0 Å². The average molecular weight is 257 g/mol. The minimum atomic E-state index is 0.747. The van der Waals surface area contributed by atoms with Gasteiger partial charge in [0.25, 0.3) is 0 Å². The number of hydrogen-bond donors (Lipinski definition) is 2. The first-order chi connectivity index (χ1) is 9.19. The third-order valence-corrected chi connectivity index (χ3v) is 2.79. The average Bonchev–Trinajstić information content (AvgIpc) is 2.42. The van der Waals surface area contributed by atoms with Gasteiger partial charge in [-0.15, -0.1) is 0 Å². The number of rotatable bonds is 5. The highest BCUT2D eigenvalue weighted by Crippen LogP contribution is 2.18. The van der Waals surface area contributed by atoms with Crippen molar-refractivity contribution in [2.45, 2.75) is 13.3 Å². The Balaban J connectivity index is 2.12. The van der Waals surface area contributed by atoms with E-state index in [-0.39, 0.29) is 0 Å². The topological polar surface area (TPSA) is 67.1 Å². The van der Waals surface area contributed by atoms with Crippen molar-refractivity contribution in [3.63, 3.8) is 0 Å². The molecule has 0 spiro atoms. The van der Waals surface area contributed by atoms with E-state index in [9.17, 15) is 0 Å². The van der Waals surface area contributed by atoms with Gasteiger partial charge in [0, 0.05) is 31.0 Å². The maximum absolute atomic E-state index is 5.66. The summed E-state index contributed by atoms with van der Waals surface area (Å²) >= 11 is 0. The molecule has 0 atom stereocenters. The number of benzene rings is 1. The molecule has 1 heterocycles. The van der Waals surface area contributed by atoms with Crippen molar-refractivity contribution in [2.75, 3.05) is 29.5 Å². The number of anilines is 4. The first-order valence-electron chi connectivity index (χ1n) is 6.35. The van der Waals surface area contributed by atoms with E-state index in [1.165, 1.54) is 0 Å². The molecule has 1 aromatic carbocycles. The van der Waals surface area contributed by atoms with Crippen LogP contribution in [0.15, 0.2) is 36.7 Å². The lowest BCUT2D eigenvalue weighted by Crippen LogP contribution is -2.19. The van der Waals surface area contributed by atoms with E-state index >= 15 is 0 Å². The SMILES string of the molecule is CCCN(C)c1cc(Nc2ccc(N)cc2)ncn1. The summed E-state index contributed by atoms with van der Waals surface area (Å²) in [7, 11) is 2.03. The molecule has 2 rings (SSSR count). The van der Waals surface area contributed by atoms with Crippen LogP contribution in [0.5, 0.6) is 0 Å². The van der Waals surface area contributed by atoms with Crippen LogP contribution in [0.1, 0.15) is 13.3 Å². The Morgan fingerprint density at radius 1 is 1.21 bits per heavy atom. The number of nitrogens with one attached hydrogen (secondary N) is 1. The standard InChI is InChI=1S/C14H19N5/c1-3-8-19(2)14-9-13(16-10-17-14)18-12-6-4-11(15)5-7-12/h4-7,9-10H,3,8,15H2,1-2H3,(H,16,17,18). The zero-order valence-electron chi connectivity index (χ0n) is 11.3. The summed E-state index contributed by atoms with van der Waals surface area (Å²) < 4.78 is 0. The first-order valence-corrected chi connectivity index (χ1v) is 6.35. The van der Waals surface area contributed by atoms with Gasteiger partial charge in [0.15, 0.2) is 0 Å². The molecule has 0 saturated carbocycles. The van der Waals surface area contributed by atoms with Gasteiger partial charge in [0.1, 0.15) is 18.0 Å². The third kappa shape index (κ3) is 3.58. The molecule has 5 nitrogen and oxygen atoms in total. The Bertz CT molecular complexity index is 524. The van der Waals surface area contributed by atoms with Gasteiger partial charge in [-0.3, -0.25) is 0 Å². The molecule has 0 amide bonds. The van der Waals surface area contributed by atoms with E-state index < -0.39 is 0 Å².